The summed E-state index contributed by atoms with van der Waals surface area (Å²) in [7, 11) is 0. The minimum atomic E-state index is -0.814. The molecule has 1 aromatic carbocycles. The predicted octanol–water partition coefficient (Wildman–Crippen LogP) is 3.29. The van der Waals surface area contributed by atoms with Gasteiger partial charge in [0, 0.05) is 37.1 Å². The Morgan fingerprint density at radius 2 is 1.80 bits per heavy atom. The van der Waals surface area contributed by atoms with Gasteiger partial charge in [-0.15, -0.1) is 0 Å². The molecule has 0 bridgehead atoms. The van der Waals surface area contributed by atoms with Crippen LogP contribution < -0.4 is 0 Å². The zero-order valence-corrected chi connectivity index (χ0v) is 17.2. The topological polar surface area (TPSA) is 65.6 Å². The Morgan fingerprint density at radius 3 is 2.57 bits per heavy atom. The molecule has 0 amide bonds. The minimum Gasteiger partial charge on any atom is -0.383 e. The van der Waals surface area contributed by atoms with Gasteiger partial charge in [0.2, 0.25) is 0 Å². The second-order valence-electron chi connectivity index (χ2n) is 8.45. The zero-order valence-electron chi connectivity index (χ0n) is 17.2. The lowest BCUT2D eigenvalue weighted by Gasteiger charge is -2.48. The first kappa shape index (κ1) is 19.4. The zero-order chi connectivity index (χ0) is 20.4. The fourth-order valence-electron chi connectivity index (χ4n) is 4.93. The molecule has 6 nitrogen and oxygen atoms in total. The van der Waals surface area contributed by atoms with E-state index >= 15 is 0 Å². The normalized spacial score (nSPS) is 25.6. The summed E-state index contributed by atoms with van der Waals surface area (Å²) in [6.45, 7) is 4.45. The fraction of sp³-hybridized carbons (Fsp3) is 0.417. The van der Waals surface area contributed by atoms with Gasteiger partial charge >= 0.3 is 0 Å². The first-order valence-electron chi connectivity index (χ1n) is 10.8. The van der Waals surface area contributed by atoms with E-state index in [9.17, 15) is 5.11 Å². The SMILES string of the molecule is O[C@]1(c2ccccc2)CCN(Cc2cc(-c3ccncc3)no2)C[C@H]1N1CCCC1. The number of hydrogen-bond donors (Lipinski definition) is 1. The van der Waals surface area contributed by atoms with E-state index in [-0.39, 0.29) is 6.04 Å². The van der Waals surface area contributed by atoms with Crippen LogP contribution in [-0.4, -0.2) is 57.3 Å². The van der Waals surface area contributed by atoms with Crippen LogP contribution in [0.1, 0.15) is 30.6 Å². The van der Waals surface area contributed by atoms with Crippen molar-refractivity contribution >= 4 is 0 Å². The monoisotopic (exact) mass is 404 g/mol. The highest BCUT2D eigenvalue weighted by molar-refractivity contribution is 5.57. The number of aromatic nitrogens is 2. The molecule has 0 unspecified atom stereocenters. The molecule has 2 atom stereocenters. The number of likely N-dealkylation sites (tertiary alicyclic amines) is 2. The van der Waals surface area contributed by atoms with Crippen LogP contribution in [0.15, 0.2) is 65.4 Å². The van der Waals surface area contributed by atoms with Gasteiger partial charge in [-0.1, -0.05) is 35.5 Å². The average Bonchev–Trinajstić information content (AvgIpc) is 3.49. The second kappa shape index (κ2) is 8.30. The number of piperidine rings is 1. The maximum Gasteiger partial charge on any atom is 0.151 e. The molecular weight excluding hydrogens is 376 g/mol. The van der Waals surface area contributed by atoms with Crippen molar-refractivity contribution in [2.45, 2.75) is 37.5 Å². The Kier molecular flexibility index (Phi) is 5.37. The molecule has 2 aliphatic rings. The molecule has 0 radical (unpaired) electrons. The molecular formula is C24H28N4O2. The van der Waals surface area contributed by atoms with Gasteiger partial charge in [0.1, 0.15) is 11.3 Å². The van der Waals surface area contributed by atoms with Gasteiger partial charge in [0.05, 0.1) is 12.6 Å². The van der Waals surface area contributed by atoms with Crippen LogP contribution in [0.25, 0.3) is 11.3 Å². The highest BCUT2D eigenvalue weighted by Crippen LogP contribution is 2.37. The summed E-state index contributed by atoms with van der Waals surface area (Å²) in [5, 5.41) is 16.0. The molecule has 2 saturated heterocycles. The summed E-state index contributed by atoms with van der Waals surface area (Å²) >= 11 is 0. The Morgan fingerprint density at radius 1 is 1.03 bits per heavy atom. The number of pyridine rings is 1. The van der Waals surface area contributed by atoms with Crippen LogP contribution in [0.2, 0.25) is 0 Å². The maximum absolute atomic E-state index is 11.8. The third-order valence-corrected chi connectivity index (χ3v) is 6.56. The summed E-state index contributed by atoms with van der Waals surface area (Å²) in [5.41, 5.74) is 2.06. The highest BCUT2D eigenvalue weighted by Gasteiger charge is 2.46. The van der Waals surface area contributed by atoms with Crippen LogP contribution in [0, 0.1) is 0 Å². The molecule has 2 aromatic heterocycles. The van der Waals surface area contributed by atoms with Gasteiger partial charge in [0.15, 0.2) is 5.76 Å². The first-order chi connectivity index (χ1) is 14.7. The Labute approximate surface area is 177 Å². The first-order valence-corrected chi connectivity index (χ1v) is 10.8. The Balaban J connectivity index is 1.34. The number of hydrogen-bond acceptors (Lipinski definition) is 6. The molecule has 0 spiro atoms. The van der Waals surface area contributed by atoms with E-state index in [0.717, 1.165) is 48.8 Å². The van der Waals surface area contributed by atoms with Crippen molar-refractivity contribution in [2.75, 3.05) is 26.2 Å². The lowest BCUT2D eigenvalue weighted by Crippen LogP contribution is -2.60. The summed E-state index contributed by atoms with van der Waals surface area (Å²) < 4.78 is 5.63. The summed E-state index contributed by atoms with van der Waals surface area (Å²) in [6.07, 6.45) is 6.65. The fourth-order valence-corrected chi connectivity index (χ4v) is 4.93. The molecule has 0 aliphatic carbocycles. The van der Waals surface area contributed by atoms with Gasteiger partial charge in [0.25, 0.3) is 0 Å². The van der Waals surface area contributed by atoms with Crippen molar-refractivity contribution in [1.82, 2.24) is 19.9 Å². The van der Waals surface area contributed by atoms with E-state index in [2.05, 4.69) is 32.1 Å². The van der Waals surface area contributed by atoms with Crippen LogP contribution in [-0.2, 0) is 12.1 Å². The Hall–Kier alpha value is -2.54. The van der Waals surface area contributed by atoms with Crippen molar-refractivity contribution < 1.29 is 9.63 Å². The van der Waals surface area contributed by atoms with Crippen molar-refractivity contribution in [2.24, 2.45) is 0 Å². The quantitative estimate of drug-likeness (QED) is 0.704. The van der Waals surface area contributed by atoms with Crippen molar-refractivity contribution in [3.05, 3.63) is 72.2 Å². The largest absolute Gasteiger partial charge is 0.383 e. The van der Waals surface area contributed by atoms with Crippen LogP contribution in [0.5, 0.6) is 0 Å². The molecule has 156 valence electrons. The van der Waals surface area contributed by atoms with E-state index in [1.54, 1.807) is 12.4 Å². The number of aliphatic hydroxyl groups is 1. The lowest BCUT2D eigenvalue weighted by atomic mass is 9.79. The molecule has 1 N–H and O–H groups in total. The van der Waals surface area contributed by atoms with Crippen molar-refractivity contribution in [3.63, 3.8) is 0 Å². The smallest absolute Gasteiger partial charge is 0.151 e. The van der Waals surface area contributed by atoms with Crippen LogP contribution in [0.4, 0.5) is 0 Å². The molecule has 3 aromatic rings. The number of nitrogens with zero attached hydrogens (tertiary/aromatic N) is 4. The number of benzene rings is 1. The van der Waals surface area contributed by atoms with Gasteiger partial charge < -0.3 is 9.63 Å². The standard InChI is InChI=1S/C24H28N4O2/c29-24(20-6-2-1-3-7-20)10-15-27(18-23(24)28-13-4-5-14-28)17-21-16-22(26-30-21)19-8-11-25-12-9-19/h1-3,6-9,11-12,16,23,29H,4-5,10,13-15,17-18H2/t23-,24+/m1/s1. The summed E-state index contributed by atoms with van der Waals surface area (Å²) in [4.78, 5) is 8.92. The summed E-state index contributed by atoms with van der Waals surface area (Å²) in [5.74, 6) is 0.854. The van der Waals surface area contributed by atoms with Gasteiger partial charge in [-0.25, -0.2) is 0 Å². The molecule has 30 heavy (non-hydrogen) atoms. The van der Waals surface area contributed by atoms with E-state index in [1.807, 2.05) is 36.4 Å². The van der Waals surface area contributed by atoms with E-state index in [1.165, 1.54) is 12.8 Å². The van der Waals surface area contributed by atoms with Gasteiger partial charge in [-0.3, -0.25) is 14.8 Å². The van der Waals surface area contributed by atoms with Crippen LogP contribution in [0.3, 0.4) is 0 Å². The maximum atomic E-state index is 11.8. The van der Waals surface area contributed by atoms with Crippen LogP contribution >= 0.6 is 0 Å². The molecule has 2 fully saturated rings. The van der Waals surface area contributed by atoms with Gasteiger partial charge in [-0.2, -0.15) is 0 Å². The minimum absolute atomic E-state index is 0.0822. The van der Waals surface area contributed by atoms with Crippen molar-refractivity contribution in [3.8, 4) is 11.3 Å². The van der Waals surface area contributed by atoms with E-state index in [0.29, 0.717) is 13.0 Å². The third kappa shape index (κ3) is 3.78. The van der Waals surface area contributed by atoms with E-state index in [4.69, 9.17) is 4.52 Å². The Bertz CT molecular complexity index is 956. The third-order valence-electron chi connectivity index (χ3n) is 6.56. The second-order valence-corrected chi connectivity index (χ2v) is 8.45. The van der Waals surface area contributed by atoms with Crippen molar-refractivity contribution in [1.29, 1.82) is 0 Å². The highest BCUT2D eigenvalue weighted by atomic mass is 16.5. The van der Waals surface area contributed by atoms with Gasteiger partial charge in [-0.05, 0) is 50.0 Å². The number of rotatable bonds is 5. The molecule has 6 heteroatoms. The average molecular weight is 405 g/mol. The predicted molar refractivity (Wildman–Crippen MR) is 115 cm³/mol. The molecule has 5 rings (SSSR count). The molecule has 0 saturated carbocycles. The summed E-state index contributed by atoms with van der Waals surface area (Å²) in [6, 6.07) is 16.2. The molecule has 2 aliphatic heterocycles. The molecule has 4 heterocycles. The van der Waals surface area contributed by atoms with E-state index < -0.39 is 5.60 Å². The lowest BCUT2D eigenvalue weighted by molar-refractivity contribution is -0.0968.